The molecule has 2 heterocycles. The van der Waals surface area contributed by atoms with E-state index in [0.29, 0.717) is 0 Å². The van der Waals surface area contributed by atoms with Crippen molar-refractivity contribution < 1.29 is 9.53 Å². The smallest absolute Gasteiger partial charge is 0.341 e. The highest BCUT2D eigenvalue weighted by molar-refractivity contribution is 5.95. The van der Waals surface area contributed by atoms with Gasteiger partial charge in [-0.2, -0.15) is 0 Å². The van der Waals surface area contributed by atoms with Crippen LogP contribution in [0.1, 0.15) is 10.4 Å². The summed E-state index contributed by atoms with van der Waals surface area (Å²) in [6, 6.07) is 13.5. The first-order valence-corrected chi connectivity index (χ1v) is 7.03. The van der Waals surface area contributed by atoms with Gasteiger partial charge < -0.3 is 10.5 Å². The number of aromatic nitrogens is 2. The van der Waals surface area contributed by atoms with Crippen molar-refractivity contribution in [2.24, 2.45) is 0 Å². The van der Waals surface area contributed by atoms with Gasteiger partial charge in [-0.05, 0) is 28.8 Å². The number of carbonyl (C=O) groups is 1. The van der Waals surface area contributed by atoms with Crippen LogP contribution in [-0.2, 0) is 4.74 Å². The number of esters is 1. The fraction of sp³-hybridized carbons (Fsp3) is 0.0556. The molecular weight excluding hydrogens is 290 g/mol. The molecule has 114 valence electrons. The van der Waals surface area contributed by atoms with Crippen LogP contribution in [0.3, 0.4) is 0 Å². The molecule has 0 unspecified atom stereocenters. The first-order valence-electron chi connectivity index (χ1n) is 7.03. The van der Waals surface area contributed by atoms with Crippen LogP contribution in [0.2, 0.25) is 0 Å². The molecule has 0 aliphatic rings. The van der Waals surface area contributed by atoms with Gasteiger partial charge in [0.25, 0.3) is 0 Å². The Morgan fingerprint density at radius 2 is 1.70 bits per heavy atom. The third-order valence-electron chi connectivity index (χ3n) is 3.54. The SMILES string of the molecule is COC(=O)c1cc(-c2ccc(-c3cccnc3)cc2)cnc1N. The molecule has 0 spiro atoms. The van der Waals surface area contributed by atoms with Gasteiger partial charge in [0.2, 0.25) is 0 Å². The van der Waals surface area contributed by atoms with Crippen molar-refractivity contribution in [1.82, 2.24) is 9.97 Å². The Balaban J connectivity index is 1.95. The number of rotatable bonds is 3. The molecule has 0 saturated heterocycles. The molecule has 5 nitrogen and oxygen atoms in total. The molecule has 0 radical (unpaired) electrons. The standard InChI is InChI=1S/C18H15N3O2/c1-23-18(22)16-9-15(11-21-17(16)19)13-6-4-12(5-7-13)14-3-2-8-20-10-14/h2-11H,1H3,(H2,19,21). The molecular formula is C18H15N3O2. The Morgan fingerprint density at radius 3 is 2.30 bits per heavy atom. The fourth-order valence-corrected chi connectivity index (χ4v) is 2.30. The van der Waals surface area contributed by atoms with E-state index in [1.807, 2.05) is 42.6 Å². The van der Waals surface area contributed by atoms with Gasteiger partial charge in [-0.1, -0.05) is 30.3 Å². The number of ether oxygens (including phenoxy) is 1. The van der Waals surface area contributed by atoms with E-state index in [9.17, 15) is 4.79 Å². The topological polar surface area (TPSA) is 78.1 Å². The second kappa shape index (κ2) is 6.27. The lowest BCUT2D eigenvalue weighted by Crippen LogP contribution is -2.07. The molecule has 0 aliphatic carbocycles. The normalized spacial score (nSPS) is 10.3. The van der Waals surface area contributed by atoms with E-state index >= 15 is 0 Å². The van der Waals surface area contributed by atoms with E-state index < -0.39 is 5.97 Å². The van der Waals surface area contributed by atoms with Gasteiger partial charge in [0.15, 0.2) is 0 Å². The largest absolute Gasteiger partial charge is 0.465 e. The van der Waals surface area contributed by atoms with E-state index in [0.717, 1.165) is 22.3 Å². The van der Waals surface area contributed by atoms with E-state index in [2.05, 4.69) is 9.97 Å². The van der Waals surface area contributed by atoms with Crippen molar-refractivity contribution >= 4 is 11.8 Å². The molecule has 1 aromatic carbocycles. The summed E-state index contributed by atoms with van der Waals surface area (Å²) in [6.45, 7) is 0. The van der Waals surface area contributed by atoms with Gasteiger partial charge in [-0.3, -0.25) is 4.98 Å². The van der Waals surface area contributed by atoms with Crippen LogP contribution in [0, 0.1) is 0 Å². The van der Waals surface area contributed by atoms with Crippen molar-refractivity contribution in [2.75, 3.05) is 12.8 Å². The van der Waals surface area contributed by atoms with Crippen molar-refractivity contribution in [3.05, 3.63) is 66.6 Å². The number of nitrogen functional groups attached to an aromatic ring is 1. The maximum Gasteiger partial charge on any atom is 0.341 e. The van der Waals surface area contributed by atoms with Crippen LogP contribution in [0.25, 0.3) is 22.3 Å². The average Bonchev–Trinajstić information content (AvgIpc) is 2.62. The Bertz CT molecular complexity index is 831. The number of hydrogen-bond donors (Lipinski definition) is 1. The maximum atomic E-state index is 11.7. The second-order valence-electron chi connectivity index (χ2n) is 4.97. The third-order valence-corrected chi connectivity index (χ3v) is 3.54. The first kappa shape index (κ1) is 14.7. The highest BCUT2D eigenvalue weighted by Gasteiger charge is 2.12. The highest BCUT2D eigenvalue weighted by atomic mass is 16.5. The average molecular weight is 305 g/mol. The van der Waals surface area contributed by atoms with E-state index in [1.165, 1.54) is 7.11 Å². The number of hydrogen-bond acceptors (Lipinski definition) is 5. The zero-order valence-electron chi connectivity index (χ0n) is 12.6. The van der Waals surface area contributed by atoms with Gasteiger partial charge in [0.05, 0.1) is 7.11 Å². The summed E-state index contributed by atoms with van der Waals surface area (Å²) < 4.78 is 4.72. The maximum absolute atomic E-state index is 11.7. The molecule has 0 bridgehead atoms. The number of methoxy groups -OCH3 is 1. The number of carbonyl (C=O) groups excluding carboxylic acids is 1. The Morgan fingerprint density at radius 1 is 1.00 bits per heavy atom. The molecule has 5 heteroatoms. The molecule has 3 aromatic rings. The highest BCUT2D eigenvalue weighted by Crippen LogP contribution is 2.26. The van der Waals surface area contributed by atoms with Crippen LogP contribution in [0.5, 0.6) is 0 Å². The summed E-state index contributed by atoms with van der Waals surface area (Å²) in [4.78, 5) is 19.9. The molecule has 0 fully saturated rings. The minimum absolute atomic E-state index is 0.160. The lowest BCUT2D eigenvalue weighted by molar-refractivity contribution is 0.0601. The van der Waals surface area contributed by atoms with Gasteiger partial charge in [0.1, 0.15) is 11.4 Å². The third kappa shape index (κ3) is 3.03. The zero-order valence-corrected chi connectivity index (χ0v) is 12.6. The Hall–Kier alpha value is -3.21. The molecule has 0 atom stereocenters. The molecule has 0 aliphatic heterocycles. The van der Waals surface area contributed by atoms with Gasteiger partial charge >= 0.3 is 5.97 Å². The van der Waals surface area contributed by atoms with Crippen molar-refractivity contribution in [3.63, 3.8) is 0 Å². The summed E-state index contributed by atoms with van der Waals surface area (Å²) in [5.74, 6) is -0.337. The second-order valence-corrected chi connectivity index (χ2v) is 4.97. The monoisotopic (exact) mass is 305 g/mol. The minimum atomic E-state index is -0.496. The number of anilines is 1. The molecule has 2 aromatic heterocycles. The van der Waals surface area contributed by atoms with Crippen LogP contribution < -0.4 is 5.73 Å². The number of nitrogens with two attached hydrogens (primary N) is 1. The lowest BCUT2D eigenvalue weighted by Gasteiger charge is -2.07. The minimum Gasteiger partial charge on any atom is -0.465 e. The predicted molar refractivity (Wildman–Crippen MR) is 88.7 cm³/mol. The van der Waals surface area contributed by atoms with Crippen LogP contribution in [0.4, 0.5) is 5.82 Å². The lowest BCUT2D eigenvalue weighted by atomic mass is 10.0. The molecule has 2 N–H and O–H groups in total. The van der Waals surface area contributed by atoms with Crippen LogP contribution in [-0.4, -0.2) is 23.0 Å². The molecule has 3 rings (SSSR count). The van der Waals surface area contributed by atoms with E-state index in [-0.39, 0.29) is 11.4 Å². The van der Waals surface area contributed by atoms with Gasteiger partial charge in [0, 0.05) is 24.2 Å². The Kier molecular flexibility index (Phi) is 4.01. The molecule has 23 heavy (non-hydrogen) atoms. The summed E-state index contributed by atoms with van der Waals surface area (Å²) in [5.41, 5.74) is 9.85. The zero-order chi connectivity index (χ0) is 16.2. The summed E-state index contributed by atoms with van der Waals surface area (Å²) in [7, 11) is 1.32. The number of pyridine rings is 2. The van der Waals surface area contributed by atoms with E-state index in [4.69, 9.17) is 10.5 Å². The van der Waals surface area contributed by atoms with Crippen LogP contribution in [0.15, 0.2) is 61.1 Å². The van der Waals surface area contributed by atoms with Gasteiger partial charge in [-0.15, -0.1) is 0 Å². The molecule has 0 saturated carbocycles. The molecule has 0 amide bonds. The van der Waals surface area contributed by atoms with E-state index in [1.54, 1.807) is 18.5 Å². The van der Waals surface area contributed by atoms with Crippen LogP contribution >= 0.6 is 0 Å². The summed E-state index contributed by atoms with van der Waals surface area (Å²) in [5, 5.41) is 0. The van der Waals surface area contributed by atoms with Crippen molar-refractivity contribution in [1.29, 1.82) is 0 Å². The number of benzene rings is 1. The van der Waals surface area contributed by atoms with Crippen molar-refractivity contribution in [3.8, 4) is 22.3 Å². The van der Waals surface area contributed by atoms with Gasteiger partial charge in [-0.25, -0.2) is 9.78 Å². The quantitative estimate of drug-likeness (QED) is 0.752. The fourth-order valence-electron chi connectivity index (χ4n) is 2.30. The summed E-state index contributed by atoms with van der Waals surface area (Å²) in [6.07, 6.45) is 5.20. The Labute approximate surface area is 133 Å². The first-order chi connectivity index (χ1) is 11.2. The summed E-state index contributed by atoms with van der Waals surface area (Å²) >= 11 is 0. The predicted octanol–water partition coefficient (Wildman–Crippen LogP) is 3.18. The number of nitrogens with zero attached hydrogens (tertiary/aromatic N) is 2. The van der Waals surface area contributed by atoms with Crippen molar-refractivity contribution in [2.45, 2.75) is 0 Å².